The molecule has 1 saturated carbocycles. The Morgan fingerprint density at radius 1 is 1.19 bits per heavy atom. The van der Waals surface area contributed by atoms with Gasteiger partial charge in [-0.2, -0.15) is 4.31 Å². The van der Waals surface area contributed by atoms with Crippen LogP contribution < -0.4 is 15.2 Å². The summed E-state index contributed by atoms with van der Waals surface area (Å²) in [6.07, 6.45) is 2.88. The zero-order chi connectivity index (χ0) is 14.9. The number of fused-ring (bicyclic) bond motifs is 1. The van der Waals surface area contributed by atoms with Crippen LogP contribution in [0.3, 0.4) is 0 Å². The molecule has 0 atom stereocenters. The van der Waals surface area contributed by atoms with Crippen LogP contribution in [-0.4, -0.2) is 45.1 Å². The maximum Gasteiger partial charge on any atom is 0.243 e. The normalized spacial score (nSPS) is 18.6. The van der Waals surface area contributed by atoms with E-state index in [1.807, 2.05) is 0 Å². The van der Waals surface area contributed by atoms with E-state index in [0.717, 1.165) is 19.3 Å². The number of nitrogens with zero attached hydrogens (tertiary/aromatic N) is 1. The third-order valence-electron chi connectivity index (χ3n) is 3.95. The van der Waals surface area contributed by atoms with Gasteiger partial charge in [-0.15, -0.1) is 0 Å². The molecule has 1 aromatic rings. The summed E-state index contributed by atoms with van der Waals surface area (Å²) >= 11 is 0. The molecule has 116 valence electrons. The van der Waals surface area contributed by atoms with Crippen LogP contribution in [0.15, 0.2) is 23.1 Å². The van der Waals surface area contributed by atoms with Gasteiger partial charge in [0.25, 0.3) is 0 Å². The van der Waals surface area contributed by atoms with Gasteiger partial charge in [0.2, 0.25) is 10.0 Å². The average Bonchev–Trinajstić information content (AvgIpc) is 2.44. The highest BCUT2D eigenvalue weighted by molar-refractivity contribution is 7.89. The van der Waals surface area contributed by atoms with E-state index in [1.165, 1.54) is 4.31 Å². The summed E-state index contributed by atoms with van der Waals surface area (Å²) in [5.74, 6) is 1.08. The van der Waals surface area contributed by atoms with Crippen molar-refractivity contribution < 1.29 is 17.9 Å². The largest absolute Gasteiger partial charge is 0.486 e. The fourth-order valence-electron chi connectivity index (χ4n) is 2.62. The summed E-state index contributed by atoms with van der Waals surface area (Å²) in [5, 5.41) is 0. The van der Waals surface area contributed by atoms with Crippen molar-refractivity contribution in [1.29, 1.82) is 0 Å². The van der Waals surface area contributed by atoms with Crippen molar-refractivity contribution in [3.8, 4) is 11.5 Å². The zero-order valence-electron chi connectivity index (χ0n) is 11.8. The van der Waals surface area contributed by atoms with Crippen LogP contribution in [0.2, 0.25) is 0 Å². The molecule has 3 rings (SSSR count). The molecule has 1 heterocycles. The number of hydrogen-bond acceptors (Lipinski definition) is 5. The predicted molar refractivity (Wildman–Crippen MR) is 78.0 cm³/mol. The Kier molecular flexibility index (Phi) is 4.05. The number of benzene rings is 1. The van der Waals surface area contributed by atoms with E-state index < -0.39 is 10.0 Å². The molecule has 1 aliphatic carbocycles. The van der Waals surface area contributed by atoms with Crippen LogP contribution in [0.1, 0.15) is 19.3 Å². The molecule has 0 amide bonds. The molecule has 0 bridgehead atoms. The molecule has 1 aliphatic heterocycles. The van der Waals surface area contributed by atoms with Gasteiger partial charge in [-0.05, 0) is 25.0 Å². The maximum absolute atomic E-state index is 12.8. The van der Waals surface area contributed by atoms with E-state index in [0.29, 0.717) is 37.8 Å². The predicted octanol–water partition coefficient (Wildman–Crippen LogP) is 0.960. The van der Waals surface area contributed by atoms with E-state index in [4.69, 9.17) is 15.2 Å². The monoisotopic (exact) mass is 312 g/mol. The molecule has 2 N–H and O–H groups in total. The second kappa shape index (κ2) is 5.82. The summed E-state index contributed by atoms with van der Waals surface area (Å²) in [6, 6.07) is 4.85. The molecule has 1 fully saturated rings. The van der Waals surface area contributed by atoms with Crippen LogP contribution >= 0.6 is 0 Å². The molecule has 6 nitrogen and oxygen atoms in total. The minimum absolute atomic E-state index is 0.0757. The number of sulfonamides is 1. The lowest BCUT2D eigenvalue weighted by atomic mass is 9.93. The Balaban J connectivity index is 1.92. The van der Waals surface area contributed by atoms with Crippen molar-refractivity contribution in [3.63, 3.8) is 0 Å². The van der Waals surface area contributed by atoms with Gasteiger partial charge >= 0.3 is 0 Å². The Bertz CT molecular complexity index is 613. The second-order valence-corrected chi connectivity index (χ2v) is 7.19. The first-order valence-electron chi connectivity index (χ1n) is 7.24. The summed E-state index contributed by atoms with van der Waals surface area (Å²) in [6.45, 7) is 1.59. The van der Waals surface area contributed by atoms with Gasteiger partial charge in [0.05, 0.1) is 4.90 Å². The summed E-state index contributed by atoms with van der Waals surface area (Å²) in [7, 11) is -3.54. The summed E-state index contributed by atoms with van der Waals surface area (Å²) in [4.78, 5) is 0.243. The first-order chi connectivity index (χ1) is 10.1. The Morgan fingerprint density at radius 2 is 1.90 bits per heavy atom. The van der Waals surface area contributed by atoms with E-state index in [-0.39, 0.29) is 10.9 Å². The molecular weight excluding hydrogens is 292 g/mol. The van der Waals surface area contributed by atoms with Crippen LogP contribution in [-0.2, 0) is 10.0 Å². The standard InChI is InChI=1S/C14H20N2O4S/c15-6-7-16(11-2-1-3-11)21(17,18)12-4-5-13-14(10-12)20-9-8-19-13/h4-5,10-11H,1-3,6-9,15H2. The highest BCUT2D eigenvalue weighted by Crippen LogP contribution is 2.35. The molecule has 21 heavy (non-hydrogen) atoms. The minimum Gasteiger partial charge on any atom is -0.486 e. The zero-order valence-corrected chi connectivity index (χ0v) is 12.6. The lowest BCUT2D eigenvalue weighted by molar-refractivity contribution is 0.171. The van der Waals surface area contributed by atoms with Crippen LogP contribution in [0, 0.1) is 0 Å². The number of ether oxygens (including phenoxy) is 2. The maximum atomic E-state index is 12.8. The minimum atomic E-state index is -3.54. The van der Waals surface area contributed by atoms with Gasteiger partial charge in [0.15, 0.2) is 11.5 Å². The molecule has 2 aliphatic rings. The third-order valence-corrected chi connectivity index (χ3v) is 5.90. The second-order valence-electron chi connectivity index (χ2n) is 5.29. The Hall–Kier alpha value is -1.31. The van der Waals surface area contributed by atoms with Gasteiger partial charge in [-0.25, -0.2) is 8.42 Å². The summed E-state index contributed by atoms with van der Waals surface area (Å²) < 4.78 is 38.1. The van der Waals surface area contributed by atoms with Crippen LogP contribution in [0.5, 0.6) is 11.5 Å². The molecule has 0 unspecified atom stereocenters. The number of nitrogens with two attached hydrogens (primary N) is 1. The highest BCUT2D eigenvalue weighted by atomic mass is 32.2. The van der Waals surface area contributed by atoms with Gasteiger partial charge in [0.1, 0.15) is 13.2 Å². The van der Waals surface area contributed by atoms with Crippen molar-refractivity contribution in [2.24, 2.45) is 5.73 Å². The van der Waals surface area contributed by atoms with Gasteiger partial charge in [-0.1, -0.05) is 6.42 Å². The molecule has 0 aromatic heterocycles. The van der Waals surface area contributed by atoms with Gasteiger partial charge < -0.3 is 15.2 Å². The number of hydrogen-bond donors (Lipinski definition) is 1. The molecular formula is C14H20N2O4S. The lowest BCUT2D eigenvalue weighted by Crippen LogP contribution is -2.46. The van der Waals surface area contributed by atoms with Crippen molar-refractivity contribution in [2.45, 2.75) is 30.2 Å². The van der Waals surface area contributed by atoms with Crippen molar-refractivity contribution in [2.75, 3.05) is 26.3 Å². The molecule has 0 radical (unpaired) electrons. The van der Waals surface area contributed by atoms with Crippen LogP contribution in [0.25, 0.3) is 0 Å². The van der Waals surface area contributed by atoms with Gasteiger partial charge in [-0.3, -0.25) is 0 Å². The van der Waals surface area contributed by atoms with E-state index in [1.54, 1.807) is 18.2 Å². The van der Waals surface area contributed by atoms with E-state index >= 15 is 0 Å². The SMILES string of the molecule is NCCN(C1CCC1)S(=O)(=O)c1ccc2c(c1)OCCO2. The van der Waals surface area contributed by atoms with E-state index in [2.05, 4.69) is 0 Å². The first-order valence-corrected chi connectivity index (χ1v) is 8.68. The first kappa shape index (κ1) is 14.6. The molecule has 7 heteroatoms. The number of rotatable bonds is 5. The topological polar surface area (TPSA) is 81.9 Å². The van der Waals surface area contributed by atoms with Crippen molar-refractivity contribution in [3.05, 3.63) is 18.2 Å². The fraction of sp³-hybridized carbons (Fsp3) is 0.571. The average molecular weight is 312 g/mol. The van der Waals surface area contributed by atoms with E-state index in [9.17, 15) is 8.42 Å². The van der Waals surface area contributed by atoms with Crippen molar-refractivity contribution in [1.82, 2.24) is 4.31 Å². The quantitative estimate of drug-likeness (QED) is 0.876. The lowest BCUT2D eigenvalue weighted by Gasteiger charge is -2.36. The summed E-state index contributed by atoms with van der Waals surface area (Å²) in [5.41, 5.74) is 5.58. The fourth-order valence-corrected chi connectivity index (χ4v) is 4.34. The smallest absolute Gasteiger partial charge is 0.243 e. The third kappa shape index (κ3) is 2.73. The highest BCUT2D eigenvalue weighted by Gasteiger charge is 2.34. The molecule has 0 spiro atoms. The molecule has 1 aromatic carbocycles. The Morgan fingerprint density at radius 3 is 2.52 bits per heavy atom. The van der Waals surface area contributed by atoms with Gasteiger partial charge in [0, 0.05) is 25.2 Å². The molecule has 0 saturated heterocycles. The Labute approximate surface area is 124 Å². The van der Waals surface area contributed by atoms with Crippen molar-refractivity contribution >= 4 is 10.0 Å². The van der Waals surface area contributed by atoms with Crippen LogP contribution in [0.4, 0.5) is 0 Å².